The molecule has 1 aromatic carbocycles. The second kappa shape index (κ2) is 8.34. The van der Waals surface area contributed by atoms with E-state index < -0.39 is 0 Å². The molecule has 0 radical (unpaired) electrons. The van der Waals surface area contributed by atoms with Gasteiger partial charge in [0, 0.05) is 18.0 Å². The second-order valence-corrected chi connectivity index (χ2v) is 6.88. The number of amides is 2. The fourth-order valence-electron chi connectivity index (χ4n) is 3.17. The van der Waals surface area contributed by atoms with Gasteiger partial charge in [0.1, 0.15) is 0 Å². The van der Waals surface area contributed by atoms with Gasteiger partial charge < -0.3 is 10.6 Å². The molecule has 1 saturated carbocycles. The maximum atomic E-state index is 12.4. The molecule has 3 atom stereocenters. The van der Waals surface area contributed by atoms with Crippen LogP contribution in [-0.4, -0.2) is 17.9 Å². The van der Waals surface area contributed by atoms with Crippen LogP contribution in [0.15, 0.2) is 24.3 Å². The third kappa shape index (κ3) is 5.54. The zero-order valence-corrected chi connectivity index (χ0v) is 14.5. The Kier molecular flexibility index (Phi) is 6.46. The Morgan fingerprint density at radius 1 is 1.22 bits per heavy atom. The molecule has 1 aliphatic carbocycles. The van der Waals surface area contributed by atoms with Crippen molar-refractivity contribution >= 4 is 23.4 Å². The van der Waals surface area contributed by atoms with Crippen molar-refractivity contribution in [3.05, 3.63) is 34.9 Å². The van der Waals surface area contributed by atoms with Gasteiger partial charge in [-0.25, -0.2) is 0 Å². The molecule has 2 rings (SSSR count). The Bertz CT molecular complexity index is 544. The Hall–Kier alpha value is -1.55. The van der Waals surface area contributed by atoms with Crippen molar-refractivity contribution < 1.29 is 9.59 Å². The Balaban J connectivity index is 2.00. The average Bonchev–Trinajstić information content (AvgIpc) is 2.49. The first kappa shape index (κ1) is 17.8. The van der Waals surface area contributed by atoms with Gasteiger partial charge in [0.25, 0.3) is 0 Å². The van der Waals surface area contributed by atoms with Crippen LogP contribution in [0, 0.1) is 5.92 Å². The molecule has 0 aliphatic heterocycles. The van der Waals surface area contributed by atoms with Crippen LogP contribution in [0.3, 0.4) is 0 Å². The summed E-state index contributed by atoms with van der Waals surface area (Å²) in [5.41, 5.74) is 0.886. The number of nitrogens with one attached hydrogen (secondary N) is 2. The van der Waals surface area contributed by atoms with Gasteiger partial charge in [0.15, 0.2) is 0 Å². The molecular weight excluding hydrogens is 312 g/mol. The third-order valence-electron chi connectivity index (χ3n) is 4.50. The molecule has 0 bridgehead atoms. The van der Waals surface area contributed by atoms with E-state index in [0.717, 1.165) is 18.4 Å². The van der Waals surface area contributed by atoms with Gasteiger partial charge in [0.2, 0.25) is 11.8 Å². The van der Waals surface area contributed by atoms with E-state index in [0.29, 0.717) is 10.9 Å². The molecule has 23 heavy (non-hydrogen) atoms. The Labute approximate surface area is 143 Å². The minimum atomic E-state index is -0.330. The number of carbonyl (C=O) groups is 2. The predicted octanol–water partition coefficient (Wildman–Crippen LogP) is 3.60. The van der Waals surface area contributed by atoms with Crippen LogP contribution in [-0.2, 0) is 9.59 Å². The van der Waals surface area contributed by atoms with Gasteiger partial charge in [-0.3, -0.25) is 9.59 Å². The van der Waals surface area contributed by atoms with Gasteiger partial charge in [-0.15, -0.1) is 0 Å². The summed E-state index contributed by atoms with van der Waals surface area (Å²) < 4.78 is 0. The molecular formula is C18H25ClN2O2. The van der Waals surface area contributed by atoms with Crippen molar-refractivity contribution in [2.45, 2.75) is 58.0 Å². The highest BCUT2D eigenvalue weighted by Crippen LogP contribution is 2.25. The van der Waals surface area contributed by atoms with E-state index in [1.54, 1.807) is 12.1 Å². The first-order chi connectivity index (χ1) is 11.0. The summed E-state index contributed by atoms with van der Waals surface area (Å²) in [7, 11) is 0. The predicted molar refractivity (Wildman–Crippen MR) is 92.2 cm³/mol. The zero-order chi connectivity index (χ0) is 16.8. The van der Waals surface area contributed by atoms with Crippen molar-refractivity contribution in [1.82, 2.24) is 10.6 Å². The van der Waals surface area contributed by atoms with Gasteiger partial charge in [0.05, 0.1) is 12.5 Å². The quantitative estimate of drug-likeness (QED) is 0.863. The standard InChI is InChI=1S/C18H25ClN2O2/c1-12-5-3-4-6-16(12)21-18(23)11-17(20-13(2)22)14-7-9-15(19)10-8-14/h7-10,12,16-17H,3-6,11H2,1-2H3,(H,20,22)(H,21,23)/t12-,16-,17+/m0/s1. The third-order valence-corrected chi connectivity index (χ3v) is 4.75. The summed E-state index contributed by atoms with van der Waals surface area (Å²) in [4.78, 5) is 23.8. The van der Waals surface area contributed by atoms with E-state index in [1.165, 1.54) is 19.8 Å². The van der Waals surface area contributed by atoms with Crippen LogP contribution < -0.4 is 10.6 Å². The maximum absolute atomic E-state index is 12.4. The van der Waals surface area contributed by atoms with E-state index in [2.05, 4.69) is 17.6 Å². The summed E-state index contributed by atoms with van der Waals surface area (Å²) >= 11 is 5.91. The fraction of sp³-hybridized carbons (Fsp3) is 0.556. The van der Waals surface area contributed by atoms with E-state index in [4.69, 9.17) is 11.6 Å². The summed E-state index contributed by atoms with van der Waals surface area (Å²) in [6.07, 6.45) is 4.86. The lowest BCUT2D eigenvalue weighted by Gasteiger charge is -2.30. The fourth-order valence-corrected chi connectivity index (χ4v) is 3.30. The first-order valence-electron chi connectivity index (χ1n) is 8.27. The molecule has 1 fully saturated rings. The molecule has 5 heteroatoms. The Morgan fingerprint density at radius 3 is 2.48 bits per heavy atom. The van der Waals surface area contributed by atoms with Crippen LogP contribution >= 0.6 is 11.6 Å². The molecule has 2 N–H and O–H groups in total. The highest BCUT2D eigenvalue weighted by Gasteiger charge is 2.24. The SMILES string of the molecule is CC(=O)N[C@H](CC(=O)N[C@H]1CCCC[C@@H]1C)c1ccc(Cl)cc1. The molecule has 1 aliphatic rings. The first-order valence-corrected chi connectivity index (χ1v) is 8.65. The van der Waals surface area contributed by atoms with Crippen molar-refractivity contribution in [1.29, 1.82) is 0 Å². The van der Waals surface area contributed by atoms with Gasteiger partial charge in [-0.2, -0.15) is 0 Å². The van der Waals surface area contributed by atoms with Gasteiger partial charge in [-0.1, -0.05) is 43.5 Å². The smallest absolute Gasteiger partial charge is 0.222 e. The van der Waals surface area contributed by atoms with E-state index in [-0.39, 0.29) is 30.3 Å². The molecule has 0 saturated heterocycles. The average molecular weight is 337 g/mol. The summed E-state index contributed by atoms with van der Waals surface area (Å²) in [5.74, 6) is 0.351. The second-order valence-electron chi connectivity index (χ2n) is 6.44. The highest BCUT2D eigenvalue weighted by atomic mass is 35.5. The summed E-state index contributed by atoms with van der Waals surface area (Å²) in [6, 6.07) is 7.15. The van der Waals surface area contributed by atoms with Crippen molar-refractivity contribution in [3.63, 3.8) is 0 Å². The van der Waals surface area contributed by atoms with E-state index in [9.17, 15) is 9.59 Å². The molecule has 1 aromatic rings. The van der Waals surface area contributed by atoms with Gasteiger partial charge >= 0.3 is 0 Å². The van der Waals surface area contributed by atoms with E-state index in [1.807, 2.05) is 12.1 Å². The van der Waals surface area contributed by atoms with Crippen LogP contribution in [0.25, 0.3) is 0 Å². The van der Waals surface area contributed by atoms with Crippen LogP contribution in [0.4, 0.5) is 0 Å². The van der Waals surface area contributed by atoms with Crippen molar-refractivity contribution in [3.8, 4) is 0 Å². The molecule has 0 spiro atoms. The van der Waals surface area contributed by atoms with Crippen molar-refractivity contribution in [2.75, 3.05) is 0 Å². The van der Waals surface area contributed by atoms with Crippen LogP contribution in [0.5, 0.6) is 0 Å². The lowest BCUT2D eigenvalue weighted by atomic mass is 9.86. The van der Waals surface area contributed by atoms with Crippen LogP contribution in [0.2, 0.25) is 5.02 Å². The summed E-state index contributed by atoms with van der Waals surface area (Å²) in [6.45, 7) is 3.65. The van der Waals surface area contributed by atoms with Crippen LogP contribution in [0.1, 0.15) is 57.6 Å². The molecule has 4 nitrogen and oxygen atoms in total. The number of carbonyl (C=O) groups excluding carboxylic acids is 2. The monoisotopic (exact) mass is 336 g/mol. The van der Waals surface area contributed by atoms with Gasteiger partial charge in [-0.05, 0) is 36.5 Å². The number of benzene rings is 1. The molecule has 2 amide bonds. The number of rotatable bonds is 5. The summed E-state index contributed by atoms with van der Waals surface area (Å²) in [5, 5.41) is 6.62. The lowest BCUT2D eigenvalue weighted by molar-refractivity contribution is -0.123. The highest BCUT2D eigenvalue weighted by molar-refractivity contribution is 6.30. The minimum absolute atomic E-state index is 0.0163. The zero-order valence-electron chi connectivity index (χ0n) is 13.8. The number of halogens is 1. The minimum Gasteiger partial charge on any atom is -0.353 e. The largest absolute Gasteiger partial charge is 0.353 e. The molecule has 0 aromatic heterocycles. The molecule has 0 unspecified atom stereocenters. The number of hydrogen-bond acceptors (Lipinski definition) is 2. The number of hydrogen-bond donors (Lipinski definition) is 2. The normalized spacial score (nSPS) is 22.2. The van der Waals surface area contributed by atoms with E-state index >= 15 is 0 Å². The topological polar surface area (TPSA) is 58.2 Å². The Morgan fingerprint density at radius 2 is 1.87 bits per heavy atom. The van der Waals surface area contributed by atoms with Crippen molar-refractivity contribution in [2.24, 2.45) is 5.92 Å². The molecule has 126 valence electrons. The lowest BCUT2D eigenvalue weighted by Crippen LogP contribution is -2.42. The maximum Gasteiger partial charge on any atom is 0.222 e. The molecule has 0 heterocycles.